The van der Waals surface area contributed by atoms with Crippen LogP contribution in [0.2, 0.25) is 0 Å². The van der Waals surface area contributed by atoms with Gasteiger partial charge in [-0.1, -0.05) is 18.2 Å². The second-order valence-electron chi connectivity index (χ2n) is 6.45. The van der Waals surface area contributed by atoms with Crippen molar-refractivity contribution < 1.29 is 17.9 Å². The number of methoxy groups -OCH3 is 1. The third-order valence-corrected chi connectivity index (χ3v) is 6.38. The molecule has 0 saturated heterocycles. The molecular formula is C20H21N3O4S2. The average Bonchev–Trinajstić information content (AvgIpc) is 3.15. The van der Waals surface area contributed by atoms with E-state index in [1.165, 1.54) is 22.7 Å². The molecule has 3 rings (SSSR count). The standard InChI is InChI=1S/C20H21N3O4S2/c1-13-5-6-15(11-18(13)27-3)19(24)22-20-21-17(12-28-20)14-7-9-16(10-8-14)23(2)29(4,25)26/h5-12H,1-4H3,(H,21,22,24). The molecule has 3 aromatic rings. The van der Waals surface area contributed by atoms with Gasteiger partial charge in [0.15, 0.2) is 5.13 Å². The molecule has 0 aliphatic heterocycles. The predicted octanol–water partition coefficient (Wildman–Crippen LogP) is 3.78. The van der Waals surface area contributed by atoms with Crippen molar-refractivity contribution in [1.82, 2.24) is 4.98 Å². The van der Waals surface area contributed by atoms with Crippen LogP contribution in [0.1, 0.15) is 15.9 Å². The minimum Gasteiger partial charge on any atom is -0.496 e. The van der Waals surface area contributed by atoms with Crippen molar-refractivity contribution in [1.29, 1.82) is 0 Å². The lowest BCUT2D eigenvalue weighted by Crippen LogP contribution is -2.24. The maximum Gasteiger partial charge on any atom is 0.257 e. The molecule has 0 aliphatic rings. The van der Waals surface area contributed by atoms with Gasteiger partial charge in [0.1, 0.15) is 5.75 Å². The van der Waals surface area contributed by atoms with E-state index in [4.69, 9.17) is 4.74 Å². The maximum atomic E-state index is 12.5. The van der Waals surface area contributed by atoms with Crippen LogP contribution in [0, 0.1) is 6.92 Å². The van der Waals surface area contributed by atoms with Crippen molar-refractivity contribution in [3.05, 3.63) is 59.0 Å². The van der Waals surface area contributed by atoms with Crippen LogP contribution in [0.15, 0.2) is 47.8 Å². The number of sulfonamides is 1. The predicted molar refractivity (Wildman–Crippen MR) is 116 cm³/mol. The summed E-state index contributed by atoms with van der Waals surface area (Å²) >= 11 is 1.31. The number of ether oxygens (including phenoxy) is 1. The summed E-state index contributed by atoms with van der Waals surface area (Å²) in [5.74, 6) is 0.381. The van der Waals surface area contributed by atoms with Crippen LogP contribution in [0.5, 0.6) is 5.75 Å². The second kappa shape index (κ2) is 8.22. The van der Waals surface area contributed by atoms with E-state index in [1.54, 1.807) is 43.5 Å². The number of anilines is 2. The fourth-order valence-electron chi connectivity index (χ4n) is 2.63. The quantitative estimate of drug-likeness (QED) is 0.642. The van der Waals surface area contributed by atoms with Gasteiger partial charge >= 0.3 is 0 Å². The molecule has 1 amide bonds. The lowest BCUT2D eigenvalue weighted by molar-refractivity contribution is 0.102. The summed E-state index contributed by atoms with van der Waals surface area (Å²) in [5.41, 5.74) is 3.51. The van der Waals surface area contributed by atoms with Crippen molar-refractivity contribution in [2.45, 2.75) is 6.92 Å². The van der Waals surface area contributed by atoms with Gasteiger partial charge in [0, 0.05) is 23.6 Å². The molecule has 0 fully saturated rings. The number of aromatic nitrogens is 1. The first-order chi connectivity index (χ1) is 13.7. The molecule has 29 heavy (non-hydrogen) atoms. The molecule has 1 aromatic heterocycles. The third kappa shape index (κ3) is 4.75. The number of carbonyl (C=O) groups is 1. The van der Waals surface area contributed by atoms with E-state index in [0.29, 0.717) is 27.8 Å². The molecule has 1 N–H and O–H groups in total. The van der Waals surface area contributed by atoms with Crippen LogP contribution >= 0.6 is 11.3 Å². The van der Waals surface area contributed by atoms with Crippen LogP contribution in [-0.4, -0.2) is 39.7 Å². The van der Waals surface area contributed by atoms with Crippen molar-refractivity contribution in [3.8, 4) is 17.0 Å². The molecule has 0 unspecified atom stereocenters. The fraction of sp³-hybridized carbons (Fsp3) is 0.200. The van der Waals surface area contributed by atoms with E-state index in [2.05, 4.69) is 10.3 Å². The highest BCUT2D eigenvalue weighted by Crippen LogP contribution is 2.28. The van der Waals surface area contributed by atoms with Crippen LogP contribution in [0.4, 0.5) is 10.8 Å². The van der Waals surface area contributed by atoms with E-state index >= 15 is 0 Å². The summed E-state index contributed by atoms with van der Waals surface area (Å²) in [4.78, 5) is 16.9. The molecule has 7 nitrogen and oxygen atoms in total. The third-order valence-electron chi connectivity index (χ3n) is 4.42. The molecule has 0 aliphatic carbocycles. The van der Waals surface area contributed by atoms with Crippen LogP contribution in [0.3, 0.4) is 0 Å². The Kier molecular flexibility index (Phi) is 5.90. The molecule has 0 spiro atoms. The molecule has 0 atom stereocenters. The Morgan fingerprint density at radius 1 is 1.17 bits per heavy atom. The van der Waals surface area contributed by atoms with Crippen LogP contribution in [0.25, 0.3) is 11.3 Å². The zero-order chi connectivity index (χ0) is 21.2. The Morgan fingerprint density at radius 2 is 1.86 bits per heavy atom. The van der Waals surface area contributed by atoms with Gasteiger partial charge in [0.05, 0.1) is 24.7 Å². The number of nitrogens with zero attached hydrogens (tertiary/aromatic N) is 2. The van der Waals surface area contributed by atoms with E-state index in [0.717, 1.165) is 17.4 Å². The number of aryl methyl sites for hydroxylation is 1. The normalized spacial score (nSPS) is 11.2. The van der Waals surface area contributed by atoms with E-state index in [9.17, 15) is 13.2 Å². The minimum absolute atomic E-state index is 0.269. The minimum atomic E-state index is -3.31. The SMILES string of the molecule is COc1cc(C(=O)Nc2nc(-c3ccc(N(C)S(C)(=O)=O)cc3)cs2)ccc1C. The highest BCUT2D eigenvalue weighted by atomic mass is 32.2. The molecule has 0 radical (unpaired) electrons. The van der Waals surface area contributed by atoms with Crippen molar-refractivity contribution in [2.75, 3.05) is 30.0 Å². The number of nitrogens with one attached hydrogen (secondary N) is 1. The zero-order valence-corrected chi connectivity index (χ0v) is 18.1. The number of hydrogen-bond acceptors (Lipinski definition) is 6. The Bertz CT molecular complexity index is 1140. The Labute approximate surface area is 174 Å². The maximum absolute atomic E-state index is 12.5. The summed E-state index contributed by atoms with van der Waals surface area (Å²) in [6, 6.07) is 12.3. The van der Waals surface area contributed by atoms with Gasteiger partial charge in [0.2, 0.25) is 10.0 Å². The Hall–Kier alpha value is -2.91. The van der Waals surface area contributed by atoms with Gasteiger partial charge in [-0.25, -0.2) is 13.4 Å². The van der Waals surface area contributed by atoms with Crippen LogP contribution in [-0.2, 0) is 10.0 Å². The molecule has 0 saturated carbocycles. The summed E-state index contributed by atoms with van der Waals surface area (Å²) in [6.07, 6.45) is 1.15. The number of hydrogen-bond donors (Lipinski definition) is 1. The number of benzene rings is 2. The Balaban J connectivity index is 1.75. The van der Waals surface area contributed by atoms with Crippen molar-refractivity contribution >= 4 is 38.1 Å². The summed E-state index contributed by atoms with van der Waals surface area (Å²) in [7, 11) is -0.247. The Morgan fingerprint density at radius 3 is 2.48 bits per heavy atom. The zero-order valence-electron chi connectivity index (χ0n) is 16.5. The number of thiazole rings is 1. The summed E-state index contributed by atoms with van der Waals surface area (Å²) < 4.78 is 29.7. The molecule has 152 valence electrons. The van der Waals surface area contributed by atoms with Gasteiger partial charge in [0.25, 0.3) is 5.91 Å². The second-order valence-corrected chi connectivity index (χ2v) is 9.33. The van der Waals surface area contributed by atoms with Crippen LogP contribution < -0.4 is 14.4 Å². The number of carbonyl (C=O) groups excluding carboxylic acids is 1. The topological polar surface area (TPSA) is 88.6 Å². The van der Waals surface area contributed by atoms with Gasteiger partial charge in [-0.15, -0.1) is 11.3 Å². The van der Waals surface area contributed by atoms with Crippen molar-refractivity contribution in [3.63, 3.8) is 0 Å². The highest BCUT2D eigenvalue weighted by Gasteiger charge is 2.14. The van der Waals surface area contributed by atoms with Crippen molar-refractivity contribution in [2.24, 2.45) is 0 Å². The van der Waals surface area contributed by atoms with Gasteiger partial charge in [-0.3, -0.25) is 14.4 Å². The van der Waals surface area contributed by atoms with E-state index < -0.39 is 10.0 Å². The lowest BCUT2D eigenvalue weighted by atomic mass is 10.1. The van der Waals surface area contributed by atoms with E-state index in [1.807, 2.05) is 18.4 Å². The van der Waals surface area contributed by atoms with Gasteiger partial charge in [-0.05, 0) is 36.8 Å². The van der Waals surface area contributed by atoms with Gasteiger partial charge < -0.3 is 4.74 Å². The number of rotatable bonds is 6. The van der Waals surface area contributed by atoms with Gasteiger partial charge in [-0.2, -0.15) is 0 Å². The highest BCUT2D eigenvalue weighted by molar-refractivity contribution is 7.92. The smallest absolute Gasteiger partial charge is 0.257 e. The molecule has 9 heteroatoms. The average molecular weight is 432 g/mol. The monoisotopic (exact) mass is 431 g/mol. The molecule has 2 aromatic carbocycles. The largest absolute Gasteiger partial charge is 0.496 e. The summed E-state index contributed by atoms with van der Waals surface area (Å²) in [5, 5.41) is 5.10. The first-order valence-corrected chi connectivity index (χ1v) is 11.4. The molecule has 0 bridgehead atoms. The number of amides is 1. The summed E-state index contributed by atoms with van der Waals surface area (Å²) in [6.45, 7) is 1.91. The lowest BCUT2D eigenvalue weighted by Gasteiger charge is -2.16. The fourth-order valence-corrected chi connectivity index (χ4v) is 3.85. The first kappa shape index (κ1) is 20.8. The van der Waals surface area contributed by atoms with E-state index in [-0.39, 0.29) is 5.91 Å². The molecular weight excluding hydrogens is 410 g/mol. The first-order valence-electron chi connectivity index (χ1n) is 8.65. The molecule has 1 heterocycles.